The molecule has 1 amide bonds. The Morgan fingerprint density at radius 3 is 2.79 bits per heavy atom. The number of carbonyl (C=O) groups is 1. The van der Waals surface area contributed by atoms with E-state index in [1.807, 2.05) is 13.2 Å². The van der Waals surface area contributed by atoms with Gasteiger partial charge in [-0.25, -0.2) is 0 Å². The smallest absolute Gasteiger partial charge is 0.270 e. The summed E-state index contributed by atoms with van der Waals surface area (Å²) >= 11 is 3.30. The van der Waals surface area contributed by atoms with Gasteiger partial charge in [-0.15, -0.1) is 0 Å². The molecule has 0 bridgehead atoms. The molecule has 0 aliphatic rings. The van der Waals surface area contributed by atoms with E-state index >= 15 is 0 Å². The molecule has 1 heterocycles. The zero-order valence-electron chi connectivity index (χ0n) is 8.20. The average molecular weight is 261 g/mol. The second-order valence-corrected chi connectivity index (χ2v) is 4.02. The number of aromatic nitrogens is 1. The van der Waals surface area contributed by atoms with Gasteiger partial charge >= 0.3 is 0 Å². The molecular formula is C9H13BrN2O2. The van der Waals surface area contributed by atoms with Crippen LogP contribution in [0.3, 0.4) is 0 Å². The number of rotatable bonds is 3. The molecule has 0 aliphatic heterocycles. The molecule has 0 atom stereocenters. The van der Waals surface area contributed by atoms with E-state index < -0.39 is 0 Å². The number of hydrogen-bond donors (Lipinski definition) is 1. The molecule has 1 aromatic heterocycles. The fraction of sp³-hybridized carbons (Fsp3) is 0.444. The van der Waals surface area contributed by atoms with Gasteiger partial charge in [0.25, 0.3) is 5.91 Å². The van der Waals surface area contributed by atoms with Crippen molar-refractivity contribution in [2.75, 3.05) is 20.2 Å². The molecule has 78 valence electrons. The van der Waals surface area contributed by atoms with E-state index in [2.05, 4.69) is 15.9 Å². The fourth-order valence-corrected chi connectivity index (χ4v) is 1.71. The van der Waals surface area contributed by atoms with E-state index in [1.54, 1.807) is 17.7 Å². The molecule has 0 unspecified atom stereocenters. The van der Waals surface area contributed by atoms with E-state index in [-0.39, 0.29) is 12.5 Å². The van der Waals surface area contributed by atoms with E-state index in [1.165, 1.54) is 4.90 Å². The van der Waals surface area contributed by atoms with Crippen molar-refractivity contribution in [2.45, 2.75) is 0 Å². The molecule has 1 rings (SSSR count). The summed E-state index contributed by atoms with van der Waals surface area (Å²) in [6.45, 7) is 0.329. The molecule has 0 aliphatic carbocycles. The molecule has 14 heavy (non-hydrogen) atoms. The lowest BCUT2D eigenvalue weighted by Gasteiger charge is -2.15. The fourth-order valence-electron chi connectivity index (χ4n) is 1.18. The van der Waals surface area contributed by atoms with E-state index in [0.29, 0.717) is 12.2 Å². The maximum Gasteiger partial charge on any atom is 0.270 e. The van der Waals surface area contributed by atoms with Crippen molar-refractivity contribution in [1.82, 2.24) is 9.47 Å². The average Bonchev–Trinajstić information content (AvgIpc) is 2.44. The molecule has 1 N–H and O–H groups in total. The second-order valence-electron chi connectivity index (χ2n) is 3.10. The number of carbonyl (C=O) groups excluding carboxylic acids is 1. The minimum atomic E-state index is -0.0905. The van der Waals surface area contributed by atoms with Crippen molar-refractivity contribution in [3.63, 3.8) is 0 Å². The molecular weight excluding hydrogens is 248 g/mol. The Labute approximate surface area is 91.3 Å². The zero-order chi connectivity index (χ0) is 10.7. The molecule has 4 nitrogen and oxygen atoms in total. The largest absolute Gasteiger partial charge is 0.395 e. The summed E-state index contributed by atoms with van der Waals surface area (Å²) < 4.78 is 2.63. The van der Waals surface area contributed by atoms with Gasteiger partial charge in [-0.2, -0.15) is 0 Å². The van der Waals surface area contributed by atoms with Gasteiger partial charge in [-0.1, -0.05) is 0 Å². The summed E-state index contributed by atoms with van der Waals surface area (Å²) in [5.41, 5.74) is 0.604. The predicted molar refractivity (Wildman–Crippen MR) is 57.2 cm³/mol. The molecule has 0 saturated carbocycles. The first-order valence-electron chi connectivity index (χ1n) is 4.24. The van der Waals surface area contributed by atoms with Crippen LogP contribution in [-0.2, 0) is 7.05 Å². The summed E-state index contributed by atoms with van der Waals surface area (Å²) in [7, 11) is 3.48. The Kier molecular flexibility index (Phi) is 3.71. The molecule has 0 saturated heterocycles. The zero-order valence-corrected chi connectivity index (χ0v) is 9.78. The summed E-state index contributed by atoms with van der Waals surface area (Å²) in [5.74, 6) is -0.0905. The van der Waals surface area contributed by atoms with Gasteiger partial charge in [0.1, 0.15) is 5.69 Å². The number of aryl methyl sites for hydroxylation is 1. The highest BCUT2D eigenvalue weighted by atomic mass is 79.9. The van der Waals surface area contributed by atoms with Crippen LogP contribution >= 0.6 is 15.9 Å². The summed E-state index contributed by atoms with van der Waals surface area (Å²) in [6, 6.07) is 1.76. The lowest BCUT2D eigenvalue weighted by molar-refractivity contribution is 0.0757. The first-order chi connectivity index (χ1) is 6.56. The molecule has 1 aromatic rings. The summed E-state index contributed by atoms with van der Waals surface area (Å²) in [4.78, 5) is 13.2. The van der Waals surface area contributed by atoms with Crippen LogP contribution in [0.4, 0.5) is 0 Å². The number of hydrogen-bond acceptors (Lipinski definition) is 2. The number of aliphatic hydroxyl groups is 1. The van der Waals surface area contributed by atoms with Crippen molar-refractivity contribution in [3.05, 3.63) is 22.4 Å². The SMILES string of the molecule is CN(CCO)C(=O)c1cc(Br)cn1C. The van der Waals surface area contributed by atoms with E-state index in [9.17, 15) is 4.79 Å². The molecule has 0 aromatic carbocycles. The molecule has 0 radical (unpaired) electrons. The van der Waals surface area contributed by atoms with Gasteiger partial charge in [-0.05, 0) is 22.0 Å². The number of halogens is 1. The van der Waals surface area contributed by atoms with Crippen molar-refractivity contribution in [2.24, 2.45) is 7.05 Å². The Morgan fingerprint density at radius 2 is 2.36 bits per heavy atom. The summed E-state index contributed by atoms with van der Waals surface area (Å²) in [6.07, 6.45) is 1.82. The molecule has 0 spiro atoms. The van der Waals surface area contributed by atoms with Gasteiger partial charge in [0, 0.05) is 31.3 Å². The van der Waals surface area contributed by atoms with Crippen molar-refractivity contribution < 1.29 is 9.90 Å². The van der Waals surface area contributed by atoms with Crippen molar-refractivity contribution >= 4 is 21.8 Å². The third-order valence-corrected chi connectivity index (χ3v) is 2.41. The minimum absolute atomic E-state index is 0.0200. The maximum atomic E-state index is 11.7. The lowest BCUT2D eigenvalue weighted by Crippen LogP contribution is -2.30. The third kappa shape index (κ3) is 2.36. The summed E-state index contributed by atoms with van der Waals surface area (Å²) in [5, 5.41) is 8.70. The highest BCUT2D eigenvalue weighted by molar-refractivity contribution is 9.10. The number of likely N-dealkylation sites (N-methyl/N-ethyl adjacent to an activating group) is 1. The standard InChI is InChI=1S/C9H13BrN2O2/c1-11(3-4-13)9(14)8-5-7(10)6-12(8)2/h5-6,13H,3-4H2,1-2H3. The van der Waals surface area contributed by atoms with Crippen molar-refractivity contribution in [1.29, 1.82) is 0 Å². The third-order valence-electron chi connectivity index (χ3n) is 1.97. The number of nitrogens with zero attached hydrogens (tertiary/aromatic N) is 2. The van der Waals surface area contributed by atoms with Gasteiger partial charge < -0.3 is 14.6 Å². The highest BCUT2D eigenvalue weighted by Gasteiger charge is 2.14. The maximum absolute atomic E-state index is 11.7. The van der Waals surface area contributed by atoms with Gasteiger partial charge in [0.2, 0.25) is 0 Å². The Bertz CT molecular complexity index is 336. The number of aliphatic hydroxyl groups excluding tert-OH is 1. The van der Waals surface area contributed by atoms with Crippen LogP contribution in [0.5, 0.6) is 0 Å². The van der Waals surface area contributed by atoms with E-state index in [4.69, 9.17) is 5.11 Å². The highest BCUT2D eigenvalue weighted by Crippen LogP contribution is 2.14. The van der Waals surface area contributed by atoms with Crippen LogP contribution in [-0.4, -0.2) is 40.7 Å². The number of amides is 1. The molecule has 0 fully saturated rings. The first-order valence-corrected chi connectivity index (χ1v) is 5.03. The Morgan fingerprint density at radius 1 is 1.71 bits per heavy atom. The van der Waals surface area contributed by atoms with Crippen LogP contribution in [0.15, 0.2) is 16.7 Å². The van der Waals surface area contributed by atoms with Crippen LogP contribution in [0.2, 0.25) is 0 Å². The molecule has 5 heteroatoms. The van der Waals surface area contributed by atoms with Crippen LogP contribution in [0.1, 0.15) is 10.5 Å². The van der Waals surface area contributed by atoms with Crippen LogP contribution in [0.25, 0.3) is 0 Å². The monoisotopic (exact) mass is 260 g/mol. The topological polar surface area (TPSA) is 45.5 Å². The van der Waals surface area contributed by atoms with E-state index in [0.717, 1.165) is 4.47 Å². The Balaban J connectivity index is 2.83. The first kappa shape index (κ1) is 11.3. The van der Waals surface area contributed by atoms with Crippen molar-refractivity contribution in [3.8, 4) is 0 Å². The second kappa shape index (κ2) is 4.61. The lowest BCUT2D eigenvalue weighted by atomic mass is 10.3. The van der Waals surface area contributed by atoms with Crippen LogP contribution < -0.4 is 0 Å². The Hall–Kier alpha value is -0.810. The quantitative estimate of drug-likeness (QED) is 0.876. The predicted octanol–water partition coefficient (Wildman–Crippen LogP) is 0.852. The normalized spacial score (nSPS) is 10.3. The minimum Gasteiger partial charge on any atom is -0.395 e. The van der Waals surface area contributed by atoms with Crippen LogP contribution in [0, 0.1) is 0 Å². The van der Waals surface area contributed by atoms with Gasteiger partial charge in [-0.3, -0.25) is 4.79 Å². The van der Waals surface area contributed by atoms with Gasteiger partial charge in [0.15, 0.2) is 0 Å². The van der Waals surface area contributed by atoms with Gasteiger partial charge in [0.05, 0.1) is 6.61 Å².